The number of aromatic nitrogens is 1. The average Bonchev–Trinajstić information content (AvgIpc) is 2.66. The molecule has 1 heterocycles. The SMILES string of the molecule is Cc1ccc(F)c(Nc2cnc(OS(=O)(=O)C(F)(F)F)c3c2C2CCC3CC2)c1. The Kier molecular flexibility index (Phi) is 4.71. The Balaban J connectivity index is 1.80. The van der Waals surface area contributed by atoms with Gasteiger partial charge < -0.3 is 9.50 Å². The number of rotatable bonds is 4. The smallest absolute Gasteiger partial charge is 0.355 e. The van der Waals surface area contributed by atoms with E-state index in [4.69, 9.17) is 0 Å². The maximum Gasteiger partial charge on any atom is 0.534 e. The lowest BCUT2D eigenvalue weighted by atomic mass is 9.67. The quantitative estimate of drug-likeness (QED) is 0.407. The maximum absolute atomic E-state index is 14.2. The third kappa shape index (κ3) is 3.54. The van der Waals surface area contributed by atoms with Gasteiger partial charge in [-0.3, -0.25) is 0 Å². The molecule has 0 saturated heterocycles. The minimum absolute atomic E-state index is 0.0179. The van der Waals surface area contributed by atoms with Crippen molar-refractivity contribution < 1.29 is 30.2 Å². The second kappa shape index (κ2) is 6.86. The highest BCUT2D eigenvalue weighted by molar-refractivity contribution is 7.87. The van der Waals surface area contributed by atoms with Crippen molar-refractivity contribution >= 4 is 21.5 Å². The zero-order valence-electron chi connectivity index (χ0n) is 15.4. The largest absolute Gasteiger partial charge is 0.534 e. The number of halogens is 4. The Labute approximate surface area is 165 Å². The number of alkyl halides is 3. The molecule has 1 saturated carbocycles. The topological polar surface area (TPSA) is 68.3 Å². The molecule has 5 nitrogen and oxygen atoms in total. The van der Waals surface area contributed by atoms with Gasteiger partial charge in [0.15, 0.2) is 0 Å². The molecule has 0 radical (unpaired) electrons. The molecule has 0 spiro atoms. The highest BCUT2D eigenvalue weighted by Gasteiger charge is 2.50. The Morgan fingerprint density at radius 2 is 1.69 bits per heavy atom. The molecule has 10 heteroatoms. The second-order valence-corrected chi connectivity index (χ2v) is 8.98. The fraction of sp³-hybridized carbons (Fsp3) is 0.421. The predicted octanol–water partition coefficient (Wildman–Crippen LogP) is 5.26. The second-order valence-electron chi connectivity index (χ2n) is 7.44. The number of anilines is 2. The zero-order valence-corrected chi connectivity index (χ0v) is 16.2. The van der Waals surface area contributed by atoms with E-state index < -0.39 is 27.3 Å². The summed E-state index contributed by atoms with van der Waals surface area (Å²) in [6.45, 7) is 1.80. The number of fused-ring (bicyclic) bond motifs is 2. The Morgan fingerprint density at radius 3 is 2.31 bits per heavy atom. The molecule has 3 aliphatic carbocycles. The number of benzene rings is 1. The Morgan fingerprint density at radius 1 is 1.07 bits per heavy atom. The van der Waals surface area contributed by atoms with Crippen molar-refractivity contribution in [2.24, 2.45) is 0 Å². The van der Waals surface area contributed by atoms with Crippen molar-refractivity contribution in [3.63, 3.8) is 0 Å². The van der Waals surface area contributed by atoms with Crippen LogP contribution in [0.25, 0.3) is 0 Å². The first-order valence-corrected chi connectivity index (χ1v) is 10.5. The molecule has 156 valence electrons. The summed E-state index contributed by atoms with van der Waals surface area (Å²) < 4.78 is 80.0. The van der Waals surface area contributed by atoms with Gasteiger partial charge in [-0.25, -0.2) is 9.37 Å². The summed E-state index contributed by atoms with van der Waals surface area (Å²) in [6, 6.07) is 4.55. The average molecular weight is 430 g/mol. The molecule has 2 aromatic rings. The maximum atomic E-state index is 14.2. The number of nitrogens with zero attached hydrogens (tertiary/aromatic N) is 1. The van der Waals surface area contributed by atoms with Crippen LogP contribution < -0.4 is 9.50 Å². The van der Waals surface area contributed by atoms with Crippen molar-refractivity contribution in [3.8, 4) is 5.88 Å². The lowest BCUT2D eigenvalue weighted by Gasteiger charge is -2.39. The van der Waals surface area contributed by atoms with Gasteiger partial charge in [-0.15, -0.1) is 0 Å². The lowest BCUT2D eigenvalue weighted by Crippen LogP contribution is -2.30. The van der Waals surface area contributed by atoms with E-state index in [2.05, 4.69) is 14.5 Å². The Bertz CT molecular complexity index is 1060. The molecule has 1 N–H and O–H groups in total. The van der Waals surface area contributed by atoms with E-state index in [0.717, 1.165) is 18.4 Å². The molecule has 1 fully saturated rings. The highest BCUT2D eigenvalue weighted by atomic mass is 32.2. The fourth-order valence-corrected chi connectivity index (χ4v) is 4.66. The first-order valence-electron chi connectivity index (χ1n) is 9.13. The van der Waals surface area contributed by atoms with Crippen molar-refractivity contribution in [3.05, 3.63) is 46.9 Å². The lowest BCUT2D eigenvalue weighted by molar-refractivity contribution is -0.0501. The number of aryl methyl sites for hydroxylation is 1. The van der Waals surface area contributed by atoms with Crippen LogP contribution in [-0.4, -0.2) is 18.9 Å². The van der Waals surface area contributed by atoms with E-state index >= 15 is 0 Å². The molecule has 29 heavy (non-hydrogen) atoms. The molecule has 0 unspecified atom stereocenters. The third-order valence-electron chi connectivity index (χ3n) is 5.53. The van der Waals surface area contributed by atoms with Gasteiger partial charge in [0.25, 0.3) is 0 Å². The summed E-state index contributed by atoms with van der Waals surface area (Å²) in [4.78, 5) is 3.87. The predicted molar refractivity (Wildman–Crippen MR) is 98.2 cm³/mol. The molecule has 2 bridgehead atoms. The summed E-state index contributed by atoms with van der Waals surface area (Å²) >= 11 is 0. The van der Waals surface area contributed by atoms with Crippen molar-refractivity contribution in [1.82, 2.24) is 4.98 Å². The zero-order chi connectivity index (χ0) is 21.0. The van der Waals surface area contributed by atoms with Gasteiger partial charge in [0.2, 0.25) is 5.88 Å². The van der Waals surface area contributed by atoms with Crippen molar-refractivity contribution in [1.29, 1.82) is 0 Å². The van der Waals surface area contributed by atoms with E-state index in [-0.39, 0.29) is 17.5 Å². The van der Waals surface area contributed by atoms with Crippen molar-refractivity contribution in [2.45, 2.75) is 50.0 Å². The van der Waals surface area contributed by atoms with Gasteiger partial charge >= 0.3 is 15.6 Å². The normalized spacial score (nSPS) is 21.0. The van der Waals surface area contributed by atoms with Crippen LogP contribution in [0.4, 0.5) is 28.9 Å². The monoisotopic (exact) mass is 430 g/mol. The molecule has 5 rings (SSSR count). The number of nitrogens with one attached hydrogen (secondary N) is 1. The first kappa shape index (κ1) is 19.9. The van der Waals surface area contributed by atoms with Crippen LogP contribution in [-0.2, 0) is 10.1 Å². The molecule has 0 aliphatic heterocycles. The van der Waals surface area contributed by atoms with Crippen molar-refractivity contribution in [2.75, 3.05) is 5.32 Å². The van der Waals surface area contributed by atoms with Crippen LogP contribution in [0.5, 0.6) is 5.88 Å². The first-order chi connectivity index (χ1) is 13.6. The van der Waals surface area contributed by atoms with Crippen LogP contribution in [0, 0.1) is 12.7 Å². The van der Waals surface area contributed by atoms with Gasteiger partial charge in [0.1, 0.15) is 5.82 Å². The van der Waals surface area contributed by atoms with Gasteiger partial charge in [-0.05, 0) is 67.7 Å². The van der Waals surface area contributed by atoms with E-state index in [0.29, 0.717) is 29.7 Å². The van der Waals surface area contributed by atoms with Gasteiger partial charge in [-0.2, -0.15) is 21.6 Å². The summed E-state index contributed by atoms with van der Waals surface area (Å²) in [6.07, 6.45) is 4.27. The van der Waals surface area contributed by atoms with Crippen LogP contribution in [0.3, 0.4) is 0 Å². The molecule has 3 aliphatic rings. The molecular formula is C19H18F4N2O3S. The summed E-state index contributed by atoms with van der Waals surface area (Å²) in [5.74, 6) is -1.15. The van der Waals surface area contributed by atoms with Gasteiger partial charge in [0, 0.05) is 5.56 Å². The minimum Gasteiger partial charge on any atom is -0.355 e. The Hall–Kier alpha value is -2.36. The number of hydrogen-bond acceptors (Lipinski definition) is 5. The molecule has 0 amide bonds. The minimum atomic E-state index is -5.83. The van der Waals surface area contributed by atoms with E-state index in [9.17, 15) is 26.0 Å². The van der Waals surface area contributed by atoms with E-state index in [1.807, 2.05) is 0 Å². The third-order valence-corrected chi connectivity index (χ3v) is 6.47. The highest BCUT2D eigenvalue weighted by Crippen LogP contribution is 2.54. The van der Waals surface area contributed by atoms with Crippen LogP contribution in [0.15, 0.2) is 24.4 Å². The standard InChI is InChI=1S/C19H18F4N2O3S/c1-10-2-7-13(20)14(8-10)25-15-9-24-18(28-29(26,27)19(21,22)23)17-12-5-3-11(4-6-12)16(15)17/h2,7-9,11-12,25H,3-6H2,1H3. The van der Waals surface area contributed by atoms with Gasteiger partial charge in [0.05, 0.1) is 17.6 Å². The number of pyridine rings is 1. The van der Waals surface area contributed by atoms with Crippen LogP contribution in [0.1, 0.15) is 54.2 Å². The van der Waals surface area contributed by atoms with Gasteiger partial charge in [-0.1, -0.05) is 6.07 Å². The molecular weight excluding hydrogens is 412 g/mol. The molecule has 1 aromatic carbocycles. The summed E-state index contributed by atoms with van der Waals surface area (Å²) in [5.41, 5.74) is -3.01. The van der Waals surface area contributed by atoms with Crippen LogP contribution in [0.2, 0.25) is 0 Å². The molecule has 1 aromatic heterocycles. The van der Waals surface area contributed by atoms with E-state index in [1.165, 1.54) is 12.3 Å². The summed E-state index contributed by atoms with van der Waals surface area (Å²) in [7, 11) is -5.83. The van der Waals surface area contributed by atoms with E-state index in [1.54, 1.807) is 19.1 Å². The fourth-order valence-electron chi connectivity index (χ4n) is 4.22. The number of hydrogen-bond donors (Lipinski definition) is 1. The van der Waals surface area contributed by atoms with Crippen LogP contribution >= 0.6 is 0 Å². The summed E-state index contributed by atoms with van der Waals surface area (Å²) in [5, 5.41) is 2.98. The molecule has 0 atom stereocenters.